The summed E-state index contributed by atoms with van der Waals surface area (Å²) in [6.07, 6.45) is 7.04. The van der Waals surface area contributed by atoms with Gasteiger partial charge in [0, 0.05) is 18.7 Å². The number of rotatable bonds is 12. The first-order chi connectivity index (χ1) is 11.1. The molecule has 0 saturated heterocycles. The van der Waals surface area contributed by atoms with Gasteiger partial charge < -0.3 is 4.90 Å². The lowest BCUT2D eigenvalue weighted by atomic mass is 10.0. The molecule has 24 heavy (non-hydrogen) atoms. The van der Waals surface area contributed by atoms with Gasteiger partial charge in [-0.25, -0.2) is 0 Å². The predicted molar refractivity (Wildman–Crippen MR) is 103 cm³/mol. The fourth-order valence-corrected chi connectivity index (χ4v) is 2.39. The molecule has 0 heterocycles. The minimum absolute atomic E-state index is 0.0193. The van der Waals surface area contributed by atoms with Gasteiger partial charge in [-0.05, 0) is 50.2 Å². The van der Waals surface area contributed by atoms with Crippen LogP contribution in [0.4, 0.5) is 0 Å². The molecule has 0 aromatic heterocycles. The third-order valence-corrected chi connectivity index (χ3v) is 4.08. The summed E-state index contributed by atoms with van der Waals surface area (Å²) in [5, 5.41) is 0. The van der Waals surface area contributed by atoms with Gasteiger partial charge in [0.25, 0.3) is 0 Å². The highest BCUT2D eigenvalue weighted by molar-refractivity contribution is 6.08. The van der Waals surface area contributed by atoms with Gasteiger partial charge >= 0.3 is 0 Å². The van der Waals surface area contributed by atoms with Crippen LogP contribution in [-0.4, -0.2) is 29.7 Å². The van der Waals surface area contributed by atoms with Crippen molar-refractivity contribution >= 4 is 11.7 Å². The van der Waals surface area contributed by atoms with E-state index in [2.05, 4.69) is 34.3 Å². The van der Waals surface area contributed by atoms with Crippen molar-refractivity contribution in [2.45, 2.75) is 73.6 Å². The first-order valence-corrected chi connectivity index (χ1v) is 9.32. The van der Waals surface area contributed by atoms with E-state index in [1.54, 1.807) is 13.8 Å². The van der Waals surface area contributed by atoms with E-state index >= 15 is 0 Å². The van der Waals surface area contributed by atoms with Crippen LogP contribution in [0.3, 0.4) is 0 Å². The van der Waals surface area contributed by atoms with E-state index in [1.807, 2.05) is 4.90 Å². The standard InChI is InChI=1S/C21H37NO2/c1-16(2)11-9-8-10-13-22(14-12-17(3)4)21(24)19(7)15-20(23)18(5)6/h15-17H,5,8-14H2,1-4,6-7H3/b19-15+. The number of hydrogen-bond donors (Lipinski definition) is 0. The second-order valence-corrected chi connectivity index (χ2v) is 7.69. The molecule has 0 aromatic carbocycles. The van der Waals surface area contributed by atoms with Crippen LogP contribution in [0.1, 0.15) is 73.6 Å². The molecule has 0 aliphatic heterocycles. The van der Waals surface area contributed by atoms with Crippen molar-refractivity contribution in [2.75, 3.05) is 13.1 Å². The highest BCUT2D eigenvalue weighted by atomic mass is 16.2. The Balaban J connectivity index is 4.70. The van der Waals surface area contributed by atoms with Crippen molar-refractivity contribution in [3.8, 4) is 0 Å². The largest absolute Gasteiger partial charge is 0.339 e. The van der Waals surface area contributed by atoms with E-state index < -0.39 is 0 Å². The number of carbonyl (C=O) groups is 2. The van der Waals surface area contributed by atoms with Gasteiger partial charge in [0.2, 0.25) is 5.91 Å². The number of nitrogens with zero attached hydrogens (tertiary/aromatic N) is 1. The number of ketones is 1. The molecule has 0 rings (SSSR count). The normalized spacial score (nSPS) is 11.9. The van der Waals surface area contributed by atoms with Crippen LogP contribution in [0.5, 0.6) is 0 Å². The van der Waals surface area contributed by atoms with Gasteiger partial charge in [0.15, 0.2) is 5.78 Å². The Labute approximate surface area is 149 Å². The lowest BCUT2D eigenvalue weighted by molar-refractivity contribution is -0.127. The van der Waals surface area contributed by atoms with Crippen molar-refractivity contribution in [1.29, 1.82) is 0 Å². The van der Waals surface area contributed by atoms with Crippen molar-refractivity contribution in [3.63, 3.8) is 0 Å². The zero-order valence-corrected chi connectivity index (χ0v) is 16.7. The molecule has 0 aliphatic carbocycles. The number of hydrogen-bond acceptors (Lipinski definition) is 2. The zero-order chi connectivity index (χ0) is 18.7. The summed E-state index contributed by atoms with van der Waals surface area (Å²) in [6, 6.07) is 0. The summed E-state index contributed by atoms with van der Waals surface area (Å²) in [5.41, 5.74) is 0.971. The topological polar surface area (TPSA) is 37.4 Å². The van der Waals surface area contributed by atoms with Gasteiger partial charge in [-0.3, -0.25) is 9.59 Å². The highest BCUT2D eigenvalue weighted by Gasteiger charge is 2.16. The van der Waals surface area contributed by atoms with Crippen molar-refractivity contribution in [1.82, 2.24) is 4.90 Å². The minimum Gasteiger partial charge on any atom is -0.339 e. The molecule has 3 nitrogen and oxygen atoms in total. The first-order valence-electron chi connectivity index (χ1n) is 9.32. The second-order valence-electron chi connectivity index (χ2n) is 7.69. The molecule has 1 amide bonds. The van der Waals surface area contributed by atoms with Crippen LogP contribution in [0, 0.1) is 11.8 Å². The monoisotopic (exact) mass is 335 g/mol. The second kappa shape index (κ2) is 12.0. The fourth-order valence-electron chi connectivity index (χ4n) is 2.39. The van der Waals surface area contributed by atoms with Crippen LogP contribution in [0.2, 0.25) is 0 Å². The molecular weight excluding hydrogens is 298 g/mol. The summed E-state index contributed by atoms with van der Waals surface area (Å²) < 4.78 is 0. The van der Waals surface area contributed by atoms with Gasteiger partial charge in [0.05, 0.1) is 0 Å². The Morgan fingerprint density at radius 2 is 1.50 bits per heavy atom. The fraction of sp³-hybridized carbons (Fsp3) is 0.714. The van der Waals surface area contributed by atoms with Gasteiger partial charge in [-0.1, -0.05) is 53.5 Å². The lowest BCUT2D eigenvalue weighted by Crippen LogP contribution is -2.34. The smallest absolute Gasteiger partial charge is 0.249 e. The first kappa shape index (κ1) is 22.6. The van der Waals surface area contributed by atoms with Crippen molar-refractivity contribution in [2.24, 2.45) is 11.8 Å². The van der Waals surface area contributed by atoms with E-state index in [1.165, 1.54) is 18.9 Å². The number of carbonyl (C=O) groups excluding carboxylic acids is 2. The van der Waals surface area contributed by atoms with E-state index in [0.29, 0.717) is 17.1 Å². The molecule has 0 aromatic rings. The van der Waals surface area contributed by atoms with E-state index in [0.717, 1.165) is 38.3 Å². The van der Waals surface area contributed by atoms with Gasteiger partial charge in [0.1, 0.15) is 0 Å². The van der Waals surface area contributed by atoms with Crippen molar-refractivity contribution in [3.05, 3.63) is 23.8 Å². The molecule has 0 unspecified atom stereocenters. The maximum atomic E-state index is 12.7. The molecule has 138 valence electrons. The summed E-state index contributed by atoms with van der Waals surface area (Å²) in [5.74, 6) is 1.11. The average Bonchev–Trinajstić information content (AvgIpc) is 2.48. The molecule has 0 spiro atoms. The van der Waals surface area contributed by atoms with Gasteiger partial charge in [-0.2, -0.15) is 0 Å². The Hall–Kier alpha value is -1.38. The van der Waals surface area contributed by atoms with Crippen LogP contribution in [0.15, 0.2) is 23.8 Å². The Morgan fingerprint density at radius 3 is 2.00 bits per heavy atom. The SMILES string of the molecule is C=C(C)C(=O)/C=C(\C)C(=O)N(CCCCCC(C)C)CCC(C)C. The zero-order valence-electron chi connectivity index (χ0n) is 16.7. The van der Waals surface area contributed by atoms with Crippen LogP contribution in [-0.2, 0) is 9.59 Å². The molecule has 3 heteroatoms. The highest BCUT2D eigenvalue weighted by Crippen LogP contribution is 2.12. The van der Waals surface area contributed by atoms with Crippen molar-refractivity contribution < 1.29 is 9.59 Å². The molecule has 0 atom stereocenters. The van der Waals surface area contributed by atoms with Crippen LogP contribution < -0.4 is 0 Å². The van der Waals surface area contributed by atoms with Crippen LogP contribution in [0.25, 0.3) is 0 Å². The molecule has 0 fully saturated rings. The Bertz CT molecular complexity index is 447. The van der Waals surface area contributed by atoms with E-state index in [-0.39, 0.29) is 11.7 Å². The summed E-state index contributed by atoms with van der Waals surface area (Å²) in [7, 11) is 0. The third-order valence-electron chi connectivity index (χ3n) is 4.08. The molecule has 0 N–H and O–H groups in total. The number of allylic oxidation sites excluding steroid dienone is 2. The molecule has 0 radical (unpaired) electrons. The molecule has 0 bridgehead atoms. The predicted octanol–water partition coefficient (Wildman–Crippen LogP) is 5.17. The third kappa shape index (κ3) is 10.4. The molecular formula is C21H37NO2. The number of unbranched alkanes of at least 4 members (excludes halogenated alkanes) is 2. The molecule has 0 aliphatic rings. The quantitative estimate of drug-likeness (QED) is 0.364. The molecule has 0 saturated carbocycles. The van der Waals surface area contributed by atoms with Gasteiger partial charge in [-0.15, -0.1) is 0 Å². The Morgan fingerprint density at radius 1 is 0.917 bits per heavy atom. The van der Waals surface area contributed by atoms with E-state index in [4.69, 9.17) is 0 Å². The summed E-state index contributed by atoms with van der Waals surface area (Å²) in [6.45, 7) is 17.4. The maximum Gasteiger partial charge on any atom is 0.249 e. The lowest BCUT2D eigenvalue weighted by Gasteiger charge is -2.24. The van der Waals surface area contributed by atoms with Crippen LogP contribution >= 0.6 is 0 Å². The van der Waals surface area contributed by atoms with E-state index in [9.17, 15) is 9.59 Å². The summed E-state index contributed by atoms with van der Waals surface area (Å²) >= 11 is 0. The summed E-state index contributed by atoms with van der Waals surface area (Å²) in [4.78, 5) is 26.3. The number of amides is 1. The average molecular weight is 336 g/mol. The minimum atomic E-state index is -0.165. The maximum absolute atomic E-state index is 12.7. The Kier molecular flexibility index (Phi) is 11.4.